The second kappa shape index (κ2) is 9.73. The lowest BCUT2D eigenvalue weighted by Crippen LogP contribution is -2.02. The van der Waals surface area contributed by atoms with Gasteiger partial charge in [-0.1, -0.05) is 41.6 Å². The molecule has 0 radical (unpaired) electrons. The third-order valence-corrected chi connectivity index (χ3v) is 5.68. The Kier molecular flexibility index (Phi) is 7.09. The van der Waals surface area contributed by atoms with Gasteiger partial charge in [-0.05, 0) is 60.0 Å². The van der Waals surface area contributed by atoms with Crippen LogP contribution >= 0.6 is 23.4 Å². The van der Waals surface area contributed by atoms with Gasteiger partial charge in [0.1, 0.15) is 11.5 Å². The summed E-state index contributed by atoms with van der Waals surface area (Å²) in [7, 11) is 1.66. The molecule has 0 aliphatic carbocycles. The van der Waals surface area contributed by atoms with E-state index >= 15 is 0 Å². The van der Waals surface area contributed by atoms with Crippen molar-refractivity contribution in [3.8, 4) is 11.5 Å². The van der Waals surface area contributed by atoms with Gasteiger partial charge in [0.2, 0.25) is 0 Å². The first-order valence-electron chi connectivity index (χ1n) is 8.86. The predicted molar refractivity (Wildman–Crippen MR) is 115 cm³/mol. The molecule has 0 fully saturated rings. The summed E-state index contributed by atoms with van der Waals surface area (Å²) in [4.78, 5) is 2.28. The van der Waals surface area contributed by atoms with E-state index in [0.717, 1.165) is 26.8 Å². The molecule has 0 unspecified atom stereocenters. The molecule has 0 saturated carbocycles. The van der Waals surface area contributed by atoms with E-state index in [9.17, 15) is 5.11 Å². The number of phenols is 1. The SMILES string of the molecule is COc1ccc(Sc2ccccc2CNc2cc(Cl)c(O)c(CCO)c2)cc1. The van der Waals surface area contributed by atoms with Gasteiger partial charge in [0.25, 0.3) is 0 Å². The fourth-order valence-corrected chi connectivity index (χ4v) is 3.97. The molecule has 0 aliphatic heterocycles. The lowest BCUT2D eigenvalue weighted by molar-refractivity contribution is 0.297. The first kappa shape index (κ1) is 20.4. The minimum absolute atomic E-state index is 0.0247. The van der Waals surface area contributed by atoms with E-state index in [0.29, 0.717) is 18.5 Å². The largest absolute Gasteiger partial charge is 0.506 e. The maximum atomic E-state index is 10.0. The van der Waals surface area contributed by atoms with Gasteiger partial charge in [-0.2, -0.15) is 0 Å². The van der Waals surface area contributed by atoms with Crippen molar-refractivity contribution < 1.29 is 14.9 Å². The Morgan fingerprint density at radius 1 is 1.04 bits per heavy atom. The number of aliphatic hydroxyl groups is 1. The van der Waals surface area contributed by atoms with Gasteiger partial charge in [0.15, 0.2) is 0 Å². The van der Waals surface area contributed by atoms with Crippen molar-refractivity contribution in [2.75, 3.05) is 19.0 Å². The highest BCUT2D eigenvalue weighted by atomic mass is 35.5. The smallest absolute Gasteiger partial charge is 0.137 e. The molecular weight excluding hydrogens is 394 g/mol. The van der Waals surface area contributed by atoms with Crippen LogP contribution in [0.5, 0.6) is 11.5 Å². The molecule has 0 amide bonds. The lowest BCUT2D eigenvalue weighted by Gasteiger charge is -2.14. The minimum Gasteiger partial charge on any atom is -0.506 e. The number of benzene rings is 3. The highest BCUT2D eigenvalue weighted by Crippen LogP contribution is 2.34. The lowest BCUT2D eigenvalue weighted by atomic mass is 10.1. The number of hydrogen-bond acceptors (Lipinski definition) is 5. The number of hydrogen-bond donors (Lipinski definition) is 3. The summed E-state index contributed by atoms with van der Waals surface area (Å²) in [5.41, 5.74) is 2.57. The standard InChI is InChI=1S/C22H22ClNO3S/c1-27-18-6-8-19(9-7-18)28-21-5-3-2-4-16(21)14-24-17-12-15(10-11-25)22(26)20(23)13-17/h2-9,12-13,24-26H,10-11,14H2,1H3. The average molecular weight is 416 g/mol. The van der Waals surface area contributed by atoms with E-state index in [1.807, 2.05) is 42.5 Å². The van der Waals surface area contributed by atoms with Gasteiger partial charge >= 0.3 is 0 Å². The molecule has 0 aliphatic rings. The van der Waals surface area contributed by atoms with Crippen LogP contribution in [0, 0.1) is 0 Å². The van der Waals surface area contributed by atoms with Crippen molar-refractivity contribution in [3.05, 3.63) is 76.8 Å². The molecule has 3 rings (SSSR count). The number of nitrogens with one attached hydrogen (secondary N) is 1. The van der Waals surface area contributed by atoms with Gasteiger partial charge in [0, 0.05) is 28.6 Å². The predicted octanol–water partition coefficient (Wildman–Crippen LogP) is 5.35. The van der Waals surface area contributed by atoms with Crippen LogP contribution in [-0.4, -0.2) is 23.9 Å². The maximum Gasteiger partial charge on any atom is 0.137 e. The second-order valence-electron chi connectivity index (χ2n) is 6.18. The van der Waals surface area contributed by atoms with Crippen LogP contribution in [0.2, 0.25) is 5.02 Å². The number of halogens is 1. The van der Waals surface area contributed by atoms with Crippen molar-refractivity contribution in [3.63, 3.8) is 0 Å². The molecule has 0 aromatic heterocycles. The maximum absolute atomic E-state index is 10.0. The summed E-state index contributed by atoms with van der Waals surface area (Å²) in [6, 6.07) is 19.7. The summed E-state index contributed by atoms with van der Waals surface area (Å²) >= 11 is 7.80. The van der Waals surface area contributed by atoms with Crippen LogP contribution in [0.1, 0.15) is 11.1 Å². The van der Waals surface area contributed by atoms with Crippen LogP contribution in [0.25, 0.3) is 0 Å². The van der Waals surface area contributed by atoms with E-state index in [-0.39, 0.29) is 17.4 Å². The molecule has 0 atom stereocenters. The normalized spacial score (nSPS) is 10.7. The zero-order chi connectivity index (χ0) is 19.9. The van der Waals surface area contributed by atoms with Crippen LogP contribution < -0.4 is 10.1 Å². The Balaban J connectivity index is 1.75. The van der Waals surface area contributed by atoms with E-state index in [1.165, 1.54) is 0 Å². The number of aromatic hydroxyl groups is 1. The second-order valence-corrected chi connectivity index (χ2v) is 7.70. The zero-order valence-electron chi connectivity index (χ0n) is 15.5. The Hall–Kier alpha value is -2.34. The van der Waals surface area contributed by atoms with Gasteiger partial charge < -0.3 is 20.3 Å². The number of aliphatic hydroxyl groups excluding tert-OH is 1. The van der Waals surface area contributed by atoms with Crippen LogP contribution in [0.3, 0.4) is 0 Å². The Labute approximate surface area is 174 Å². The van der Waals surface area contributed by atoms with Crippen LogP contribution in [-0.2, 0) is 13.0 Å². The monoisotopic (exact) mass is 415 g/mol. The van der Waals surface area contributed by atoms with Crippen LogP contribution in [0.15, 0.2) is 70.5 Å². The Morgan fingerprint density at radius 2 is 1.79 bits per heavy atom. The molecule has 0 spiro atoms. The Morgan fingerprint density at radius 3 is 2.50 bits per heavy atom. The molecule has 3 N–H and O–H groups in total. The molecular formula is C22H22ClNO3S. The zero-order valence-corrected chi connectivity index (χ0v) is 17.1. The third kappa shape index (κ3) is 5.13. The topological polar surface area (TPSA) is 61.7 Å². The first-order valence-corrected chi connectivity index (χ1v) is 10.1. The molecule has 0 bridgehead atoms. The number of methoxy groups -OCH3 is 1. The van der Waals surface area contributed by atoms with E-state index < -0.39 is 0 Å². The van der Waals surface area contributed by atoms with Crippen molar-refractivity contribution in [2.24, 2.45) is 0 Å². The number of anilines is 1. The average Bonchev–Trinajstić information content (AvgIpc) is 2.71. The molecule has 3 aromatic carbocycles. The number of phenolic OH excluding ortho intramolecular Hbond substituents is 1. The number of ether oxygens (including phenoxy) is 1. The third-order valence-electron chi connectivity index (χ3n) is 4.27. The van der Waals surface area contributed by atoms with Gasteiger partial charge in [-0.3, -0.25) is 0 Å². The van der Waals surface area contributed by atoms with Gasteiger partial charge in [-0.25, -0.2) is 0 Å². The molecule has 6 heteroatoms. The van der Waals surface area contributed by atoms with E-state index in [2.05, 4.69) is 17.4 Å². The van der Waals surface area contributed by atoms with Crippen molar-refractivity contribution in [1.29, 1.82) is 0 Å². The first-order chi connectivity index (χ1) is 13.6. The van der Waals surface area contributed by atoms with Crippen molar-refractivity contribution in [1.82, 2.24) is 0 Å². The fourth-order valence-electron chi connectivity index (χ4n) is 2.79. The molecule has 0 saturated heterocycles. The molecule has 146 valence electrons. The van der Waals surface area contributed by atoms with Gasteiger partial charge in [0.05, 0.1) is 12.1 Å². The van der Waals surface area contributed by atoms with Crippen LogP contribution in [0.4, 0.5) is 5.69 Å². The number of rotatable bonds is 8. The minimum atomic E-state index is -0.0469. The molecule has 28 heavy (non-hydrogen) atoms. The molecule has 3 aromatic rings. The van der Waals surface area contributed by atoms with Crippen molar-refractivity contribution >= 4 is 29.1 Å². The fraction of sp³-hybridized carbons (Fsp3) is 0.182. The highest BCUT2D eigenvalue weighted by Gasteiger charge is 2.09. The van der Waals surface area contributed by atoms with E-state index in [4.69, 9.17) is 21.4 Å². The van der Waals surface area contributed by atoms with Crippen molar-refractivity contribution in [2.45, 2.75) is 22.8 Å². The molecule has 0 heterocycles. The summed E-state index contributed by atoms with van der Waals surface area (Å²) in [6.07, 6.45) is 0.352. The van der Waals surface area contributed by atoms with E-state index in [1.54, 1.807) is 24.9 Å². The van der Waals surface area contributed by atoms with Gasteiger partial charge in [-0.15, -0.1) is 0 Å². The summed E-state index contributed by atoms with van der Waals surface area (Å²) in [5.74, 6) is 0.860. The highest BCUT2D eigenvalue weighted by molar-refractivity contribution is 7.99. The quantitative estimate of drug-likeness (QED) is 0.433. The summed E-state index contributed by atoms with van der Waals surface area (Å²) in [5, 5.41) is 22.8. The molecule has 4 nitrogen and oxygen atoms in total. The summed E-state index contributed by atoms with van der Waals surface area (Å²) in [6.45, 7) is 0.563. The summed E-state index contributed by atoms with van der Waals surface area (Å²) < 4.78 is 5.21. The Bertz CT molecular complexity index is 932.